The highest BCUT2D eigenvalue weighted by atomic mass is 16.5. The largest absolute Gasteiger partial charge is 0.497 e. The summed E-state index contributed by atoms with van der Waals surface area (Å²) in [4.78, 5) is 24.6. The number of amides is 1. The Hall–Kier alpha value is -2.81. The van der Waals surface area contributed by atoms with E-state index in [4.69, 9.17) is 9.47 Å². The molecule has 0 heterocycles. The predicted molar refractivity (Wildman–Crippen MR) is 97.7 cm³/mol. The van der Waals surface area contributed by atoms with E-state index in [0.717, 1.165) is 25.7 Å². The first-order valence-corrected chi connectivity index (χ1v) is 8.72. The third-order valence-corrected chi connectivity index (χ3v) is 4.44. The number of allylic oxidation sites excluding steroid dienone is 1. The zero-order chi connectivity index (χ0) is 18.9. The summed E-state index contributed by atoms with van der Waals surface area (Å²) in [6, 6.07) is 7.05. The maximum absolute atomic E-state index is 12.3. The highest BCUT2D eigenvalue weighted by Gasteiger charge is 2.27. The van der Waals surface area contributed by atoms with Gasteiger partial charge in [-0.25, -0.2) is 0 Å². The van der Waals surface area contributed by atoms with Crippen molar-refractivity contribution < 1.29 is 19.1 Å². The first kappa shape index (κ1) is 19.5. The smallest absolute Gasteiger partial charge is 0.245 e. The van der Waals surface area contributed by atoms with E-state index in [1.807, 2.05) is 6.07 Å². The molecule has 1 unspecified atom stereocenters. The van der Waals surface area contributed by atoms with Gasteiger partial charge in [0.2, 0.25) is 5.91 Å². The fraction of sp³-hybridized carbons (Fsp3) is 0.450. The molecule has 1 N–H and O–H groups in total. The number of ketones is 1. The van der Waals surface area contributed by atoms with Gasteiger partial charge in [-0.05, 0) is 36.6 Å². The van der Waals surface area contributed by atoms with E-state index >= 15 is 0 Å². The van der Waals surface area contributed by atoms with Gasteiger partial charge in [-0.2, -0.15) is 5.26 Å². The summed E-state index contributed by atoms with van der Waals surface area (Å²) in [5.41, 5.74) is 0.680. The molecule has 0 aromatic heterocycles. The topological polar surface area (TPSA) is 88.4 Å². The van der Waals surface area contributed by atoms with Crippen molar-refractivity contribution >= 4 is 17.8 Å². The fourth-order valence-electron chi connectivity index (χ4n) is 2.98. The lowest BCUT2D eigenvalue weighted by Gasteiger charge is -2.23. The van der Waals surface area contributed by atoms with Gasteiger partial charge in [-0.15, -0.1) is 0 Å². The van der Waals surface area contributed by atoms with Crippen molar-refractivity contribution in [3.8, 4) is 17.6 Å². The Bertz CT molecular complexity index is 693. The Morgan fingerprint density at radius 3 is 2.31 bits per heavy atom. The quantitative estimate of drug-likeness (QED) is 0.599. The first-order valence-electron chi connectivity index (χ1n) is 8.72. The molecule has 6 nitrogen and oxygen atoms in total. The molecule has 1 saturated carbocycles. The molecule has 138 valence electrons. The van der Waals surface area contributed by atoms with E-state index < -0.39 is 17.6 Å². The van der Waals surface area contributed by atoms with Crippen LogP contribution in [-0.2, 0) is 9.59 Å². The third-order valence-electron chi connectivity index (χ3n) is 4.44. The Balaban J connectivity index is 2.05. The van der Waals surface area contributed by atoms with Gasteiger partial charge in [-0.3, -0.25) is 9.59 Å². The van der Waals surface area contributed by atoms with Gasteiger partial charge in [0.25, 0.3) is 0 Å². The summed E-state index contributed by atoms with van der Waals surface area (Å²) in [6.45, 7) is 0. The van der Waals surface area contributed by atoms with Crippen LogP contribution >= 0.6 is 0 Å². The summed E-state index contributed by atoms with van der Waals surface area (Å²) >= 11 is 0. The van der Waals surface area contributed by atoms with Crippen molar-refractivity contribution in [1.82, 2.24) is 5.32 Å². The summed E-state index contributed by atoms with van der Waals surface area (Å²) in [6.07, 6.45) is 7.89. The normalized spacial score (nSPS) is 15.9. The first-order chi connectivity index (χ1) is 12.6. The molecule has 2 rings (SSSR count). The second-order valence-corrected chi connectivity index (χ2v) is 6.29. The number of rotatable bonds is 7. The number of methoxy groups -OCH3 is 2. The van der Waals surface area contributed by atoms with E-state index in [2.05, 4.69) is 5.32 Å². The van der Waals surface area contributed by atoms with Crippen LogP contribution in [0.4, 0.5) is 0 Å². The van der Waals surface area contributed by atoms with Gasteiger partial charge in [0.1, 0.15) is 11.5 Å². The molecule has 0 aliphatic heterocycles. The average molecular weight is 356 g/mol. The standard InChI is InChI=1S/C20H24N2O4/c1-25-16-10-14(11-17(12-16)26-2)8-9-19(23)18(13-21)20(24)22-15-6-4-3-5-7-15/h8-12,15,18H,3-7H2,1-2H3,(H,22,24)/b9-8+. The van der Waals surface area contributed by atoms with Crippen molar-refractivity contribution in [2.45, 2.75) is 38.1 Å². The number of carbonyl (C=O) groups excluding carboxylic acids is 2. The van der Waals surface area contributed by atoms with Crippen LogP contribution in [0.5, 0.6) is 11.5 Å². The second kappa shape index (κ2) is 9.62. The molecule has 1 aromatic rings. The molecule has 0 bridgehead atoms. The number of benzene rings is 1. The summed E-state index contributed by atoms with van der Waals surface area (Å²) in [5, 5.41) is 12.1. The van der Waals surface area contributed by atoms with Crippen LogP contribution in [0.1, 0.15) is 37.7 Å². The molecule has 6 heteroatoms. The summed E-state index contributed by atoms with van der Waals surface area (Å²) < 4.78 is 10.4. The molecular weight excluding hydrogens is 332 g/mol. The van der Waals surface area contributed by atoms with Crippen molar-refractivity contribution in [2.24, 2.45) is 5.92 Å². The Morgan fingerprint density at radius 1 is 1.15 bits per heavy atom. The number of nitrogens with one attached hydrogen (secondary N) is 1. The van der Waals surface area contributed by atoms with E-state index in [1.54, 1.807) is 24.3 Å². The van der Waals surface area contributed by atoms with Crippen LogP contribution in [0.2, 0.25) is 0 Å². The van der Waals surface area contributed by atoms with Gasteiger partial charge in [0, 0.05) is 12.1 Å². The molecule has 1 fully saturated rings. The molecule has 1 amide bonds. The average Bonchev–Trinajstić information content (AvgIpc) is 2.67. The van der Waals surface area contributed by atoms with Gasteiger partial charge >= 0.3 is 0 Å². The molecule has 1 aliphatic rings. The fourth-order valence-corrected chi connectivity index (χ4v) is 2.98. The van der Waals surface area contributed by atoms with Gasteiger partial charge in [0.05, 0.1) is 20.3 Å². The summed E-state index contributed by atoms with van der Waals surface area (Å²) in [7, 11) is 3.07. The zero-order valence-corrected chi connectivity index (χ0v) is 15.2. The molecule has 26 heavy (non-hydrogen) atoms. The molecule has 1 aliphatic carbocycles. The zero-order valence-electron chi connectivity index (χ0n) is 15.2. The number of nitriles is 1. The maximum Gasteiger partial charge on any atom is 0.245 e. The van der Waals surface area contributed by atoms with Crippen LogP contribution < -0.4 is 14.8 Å². The lowest BCUT2D eigenvalue weighted by Crippen LogP contribution is -2.41. The maximum atomic E-state index is 12.3. The van der Waals surface area contributed by atoms with Crippen molar-refractivity contribution in [1.29, 1.82) is 5.26 Å². The predicted octanol–water partition coefficient (Wildman–Crippen LogP) is 2.87. The Kier molecular flexibility index (Phi) is 7.22. The Labute approximate surface area is 153 Å². The van der Waals surface area contributed by atoms with E-state index in [0.29, 0.717) is 17.1 Å². The minimum Gasteiger partial charge on any atom is -0.497 e. The SMILES string of the molecule is COc1cc(/C=C/C(=O)C(C#N)C(=O)NC2CCCCC2)cc(OC)c1. The van der Waals surface area contributed by atoms with Crippen molar-refractivity contribution in [3.05, 3.63) is 29.8 Å². The molecule has 1 atom stereocenters. The number of nitrogens with zero attached hydrogens (tertiary/aromatic N) is 1. The molecular formula is C20H24N2O4. The highest BCUT2D eigenvalue weighted by Crippen LogP contribution is 2.23. The monoisotopic (exact) mass is 356 g/mol. The lowest BCUT2D eigenvalue weighted by molar-refractivity contribution is -0.130. The van der Waals surface area contributed by atoms with Crippen LogP contribution in [0.3, 0.4) is 0 Å². The van der Waals surface area contributed by atoms with Crippen LogP contribution in [0.15, 0.2) is 24.3 Å². The second-order valence-electron chi connectivity index (χ2n) is 6.29. The number of hydrogen-bond acceptors (Lipinski definition) is 5. The van der Waals surface area contributed by atoms with Crippen LogP contribution in [0, 0.1) is 17.2 Å². The van der Waals surface area contributed by atoms with Gasteiger partial charge in [-0.1, -0.05) is 25.3 Å². The molecule has 0 spiro atoms. The van der Waals surface area contributed by atoms with Crippen LogP contribution in [0.25, 0.3) is 6.08 Å². The highest BCUT2D eigenvalue weighted by molar-refractivity contribution is 6.10. The summed E-state index contributed by atoms with van der Waals surface area (Å²) in [5.74, 6) is -1.22. The third kappa shape index (κ3) is 5.35. The molecule has 0 radical (unpaired) electrons. The lowest BCUT2D eigenvalue weighted by atomic mass is 9.94. The van der Waals surface area contributed by atoms with Crippen LogP contribution in [-0.4, -0.2) is 32.0 Å². The minimum absolute atomic E-state index is 0.0616. The van der Waals surface area contributed by atoms with Crippen molar-refractivity contribution in [3.63, 3.8) is 0 Å². The van der Waals surface area contributed by atoms with Gasteiger partial charge in [0.15, 0.2) is 11.7 Å². The van der Waals surface area contributed by atoms with Crippen molar-refractivity contribution in [2.75, 3.05) is 14.2 Å². The van der Waals surface area contributed by atoms with E-state index in [1.165, 1.54) is 26.7 Å². The minimum atomic E-state index is -1.33. The molecule has 0 saturated heterocycles. The molecule has 1 aromatic carbocycles. The van der Waals surface area contributed by atoms with E-state index in [9.17, 15) is 14.9 Å². The van der Waals surface area contributed by atoms with E-state index in [-0.39, 0.29) is 6.04 Å². The number of carbonyl (C=O) groups is 2. The van der Waals surface area contributed by atoms with Gasteiger partial charge < -0.3 is 14.8 Å². The number of hydrogen-bond donors (Lipinski definition) is 1. The number of ether oxygens (including phenoxy) is 2. The Morgan fingerprint density at radius 2 is 1.77 bits per heavy atom.